The number of hydrogen-bond acceptors (Lipinski definition) is 4. The van der Waals surface area contributed by atoms with Crippen molar-refractivity contribution in [2.75, 3.05) is 9.80 Å². The molecule has 0 spiro atoms. The summed E-state index contributed by atoms with van der Waals surface area (Å²) >= 11 is 0. The number of benzene rings is 9. The Morgan fingerprint density at radius 2 is 1.15 bits per heavy atom. The van der Waals surface area contributed by atoms with Crippen LogP contribution in [0.1, 0.15) is 56.6 Å². The Kier molecular flexibility index (Phi) is 7.87. The standard InChI is InChI=1S/C58H46N2O2/c1-36-26-29-44-42-21-12-14-24-50(42)61-55(44)54(36)59(40-17-8-6-9-18-40)48-35-49(47-31-28-38-34-39(57(2,3)4)33-37-27-30-46(48)53(47)52(37)38)60(41-19-10-7-11-20-41)58(5)32-16-23-45-43-22-13-15-25-51(43)62-56(45)58/h6-31,33-35H,32H2,1-5H3. The Balaban J connectivity index is 1.25. The van der Waals surface area contributed by atoms with Gasteiger partial charge in [0.25, 0.3) is 0 Å². The molecule has 1 unspecified atom stereocenters. The smallest absolute Gasteiger partial charge is 0.159 e. The van der Waals surface area contributed by atoms with Crippen molar-refractivity contribution in [2.24, 2.45) is 0 Å². The van der Waals surface area contributed by atoms with Gasteiger partial charge in [-0.15, -0.1) is 0 Å². The van der Waals surface area contributed by atoms with Gasteiger partial charge in [-0.05, 0) is 95.4 Å². The van der Waals surface area contributed by atoms with Crippen LogP contribution in [0.2, 0.25) is 0 Å². The number of furan rings is 2. The molecule has 4 heteroatoms. The first kappa shape index (κ1) is 36.5. The summed E-state index contributed by atoms with van der Waals surface area (Å²) in [4.78, 5) is 5.01. The third kappa shape index (κ3) is 5.32. The molecule has 9 aromatic carbocycles. The second-order valence-corrected chi connectivity index (χ2v) is 18.3. The maximum atomic E-state index is 6.99. The van der Waals surface area contributed by atoms with Crippen LogP contribution in [0.4, 0.5) is 28.4 Å². The van der Waals surface area contributed by atoms with Crippen molar-refractivity contribution in [3.8, 4) is 0 Å². The SMILES string of the molecule is Cc1ccc2c(oc3ccccc32)c1N(c1ccccc1)c1cc(N(c2ccccc2)C2(C)CC=Cc3c2oc2ccccc32)c2ccc3cc(C(C)(C)C)cc4ccc1c2c43. The van der Waals surface area contributed by atoms with Crippen LogP contribution in [0.15, 0.2) is 179 Å². The summed E-state index contributed by atoms with van der Waals surface area (Å²) < 4.78 is 13.9. The van der Waals surface area contributed by atoms with E-state index in [0.29, 0.717) is 0 Å². The quantitative estimate of drug-likeness (QED) is 0.157. The highest BCUT2D eigenvalue weighted by molar-refractivity contribution is 6.29. The maximum Gasteiger partial charge on any atom is 0.159 e. The van der Waals surface area contributed by atoms with Gasteiger partial charge in [-0.1, -0.05) is 154 Å². The van der Waals surface area contributed by atoms with Crippen LogP contribution in [0.3, 0.4) is 0 Å². The summed E-state index contributed by atoms with van der Waals surface area (Å²) in [6.45, 7) is 11.5. The van der Waals surface area contributed by atoms with Crippen molar-refractivity contribution in [3.05, 3.63) is 192 Å². The Labute approximate surface area is 361 Å². The van der Waals surface area contributed by atoms with E-state index in [1.54, 1.807) is 0 Å². The zero-order valence-corrected chi connectivity index (χ0v) is 35.7. The zero-order chi connectivity index (χ0) is 41.9. The molecule has 2 heterocycles. The zero-order valence-electron chi connectivity index (χ0n) is 35.7. The highest BCUT2D eigenvalue weighted by atomic mass is 16.3. The van der Waals surface area contributed by atoms with Gasteiger partial charge in [0.05, 0.1) is 17.1 Å². The average Bonchev–Trinajstić information content (AvgIpc) is 3.87. The van der Waals surface area contributed by atoms with E-state index in [4.69, 9.17) is 8.83 Å². The van der Waals surface area contributed by atoms with Gasteiger partial charge < -0.3 is 18.6 Å². The number of aryl methyl sites for hydroxylation is 1. The van der Waals surface area contributed by atoms with Gasteiger partial charge in [0.1, 0.15) is 22.5 Å². The van der Waals surface area contributed by atoms with Gasteiger partial charge in [0, 0.05) is 49.3 Å². The minimum absolute atomic E-state index is 0.00877. The molecule has 1 aliphatic carbocycles. The predicted octanol–water partition coefficient (Wildman–Crippen LogP) is 16.8. The summed E-state index contributed by atoms with van der Waals surface area (Å²) in [5.41, 5.74) is 11.0. The van der Waals surface area contributed by atoms with Crippen molar-refractivity contribution < 1.29 is 8.83 Å². The normalized spacial score (nSPS) is 15.4. The van der Waals surface area contributed by atoms with E-state index in [1.807, 2.05) is 0 Å². The third-order valence-corrected chi connectivity index (χ3v) is 13.4. The van der Waals surface area contributed by atoms with Gasteiger partial charge >= 0.3 is 0 Å². The second-order valence-electron chi connectivity index (χ2n) is 18.3. The summed E-state index contributed by atoms with van der Waals surface area (Å²) in [5, 5.41) is 10.7. The number of hydrogen-bond donors (Lipinski definition) is 0. The van der Waals surface area contributed by atoms with Gasteiger partial charge in [0.2, 0.25) is 0 Å². The van der Waals surface area contributed by atoms with E-state index >= 15 is 0 Å². The van der Waals surface area contributed by atoms with E-state index in [-0.39, 0.29) is 5.41 Å². The van der Waals surface area contributed by atoms with Crippen molar-refractivity contribution in [1.82, 2.24) is 0 Å². The third-order valence-electron chi connectivity index (χ3n) is 13.4. The first-order valence-corrected chi connectivity index (χ1v) is 21.7. The molecule has 62 heavy (non-hydrogen) atoms. The summed E-state index contributed by atoms with van der Waals surface area (Å²) in [6.07, 6.45) is 5.33. The van der Waals surface area contributed by atoms with Crippen molar-refractivity contribution >= 4 is 99.7 Å². The molecule has 4 nitrogen and oxygen atoms in total. The number of nitrogens with zero attached hydrogens (tertiary/aromatic N) is 2. The molecular weight excluding hydrogens is 757 g/mol. The lowest BCUT2D eigenvalue weighted by Gasteiger charge is -2.44. The largest absolute Gasteiger partial charge is 0.458 e. The lowest BCUT2D eigenvalue weighted by molar-refractivity contribution is 0.377. The molecule has 11 aromatic rings. The Bertz CT molecular complexity index is 3550. The first-order chi connectivity index (χ1) is 30.2. The van der Waals surface area contributed by atoms with Gasteiger partial charge in [-0.25, -0.2) is 0 Å². The molecule has 0 saturated carbocycles. The molecule has 0 radical (unpaired) electrons. The molecule has 12 rings (SSSR count). The van der Waals surface area contributed by atoms with Gasteiger partial charge in [-0.2, -0.15) is 0 Å². The fourth-order valence-corrected chi connectivity index (χ4v) is 10.4. The number of anilines is 5. The number of rotatable bonds is 6. The summed E-state index contributed by atoms with van der Waals surface area (Å²) in [5.74, 6) is 0.968. The van der Waals surface area contributed by atoms with Gasteiger partial charge in [0.15, 0.2) is 5.58 Å². The summed E-state index contributed by atoms with van der Waals surface area (Å²) in [6, 6.07) is 59.6. The molecule has 300 valence electrons. The van der Waals surface area contributed by atoms with Crippen molar-refractivity contribution in [2.45, 2.75) is 52.0 Å². The van der Waals surface area contributed by atoms with E-state index in [1.165, 1.54) is 37.9 Å². The molecule has 0 amide bonds. The molecule has 1 aliphatic rings. The minimum Gasteiger partial charge on any atom is -0.458 e. The molecular formula is C58H46N2O2. The van der Waals surface area contributed by atoms with Crippen LogP contribution in [-0.2, 0) is 11.0 Å². The Morgan fingerprint density at radius 1 is 0.548 bits per heavy atom. The van der Waals surface area contributed by atoms with E-state index < -0.39 is 5.54 Å². The highest BCUT2D eigenvalue weighted by Crippen LogP contribution is 2.55. The minimum atomic E-state index is -0.601. The topological polar surface area (TPSA) is 32.8 Å². The van der Waals surface area contributed by atoms with Crippen LogP contribution in [-0.4, -0.2) is 0 Å². The average molecular weight is 803 g/mol. The van der Waals surface area contributed by atoms with Crippen LogP contribution in [0, 0.1) is 6.92 Å². The lowest BCUT2D eigenvalue weighted by atomic mass is 9.81. The molecule has 0 N–H and O–H groups in total. The van der Waals surface area contributed by atoms with Crippen LogP contribution in [0.25, 0.3) is 71.3 Å². The Hall–Kier alpha value is -7.30. The maximum absolute atomic E-state index is 6.99. The molecule has 0 saturated heterocycles. The van der Waals surface area contributed by atoms with Crippen molar-refractivity contribution in [3.63, 3.8) is 0 Å². The van der Waals surface area contributed by atoms with Crippen LogP contribution >= 0.6 is 0 Å². The van der Waals surface area contributed by atoms with Crippen LogP contribution in [0.5, 0.6) is 0 Å². The Morgan fingerprint density at radius 3 is 1.84 bits per heavy atom. The molecule has 2 aromatic heterocycles. The van der Waals surface area contributed by atoms with Gasteiger partial charge in [-0.3, -0.25) is 0 Å². The molecule has 1 atom stereocenters. The number of fused-ring (bicyclic) bond motifs is 6. The fraction of sp³-hybridized carbons (Fsp3) is 0.138. The monoisotopic (exact) mass is 802 g/mol. The number of para-hydroxylation sites is 4. The van der Waals surface area contributed by atoms with E-state index in [2.05, 4.69) is 220 Å². The summed E-state index contributed by atoms with van der Waals surface area (Å²) in [7, 11) is 0. The van der Waals surface area contributed by atoms with E-state index in [9.17, 15) is 0 Å². The first-order valence-electron chi connectivity index (χ1n) is 21.7. The second kappa shape index (κ2) is 13.3. The van der Waals surface area contributed by atoms with Crippen LogP contribution < -0.4 is 9.80 Å². The van der Waals surface area contributed by atoms with Crippen molar-refractivity contribution in [1.29, 1.82) is 0 Å². The van der Waals surface area contributed by atoms with E-state index in [0.717, 1.165) is 84.7 Å². The lowest BCUT2D eigenvalue weighted by Crippen LogP contribution is -2.42. The highest BCUT2D eigenvalue weighted by Gasteiger charge is 2.43. The molecule has 0 aliphatic heterocycles. The molecule has 0 bridgehead atoms. The predicted molar refractivity (Wildman–Crippen MR) is 261 cm³/mol. The molecule has 0 fully saturated rings. The fourth-order valence-electron chi connectivity index (χ4n) is 10.4.